The summed E-state index contributed by atoms with van der Waals surface area (Å²) in [4.78, 5) is 22.3. The van der Waals surface area contributed by atoms with Crippen molar-refractivity contribution in [3.63, 3.8) is 0 Å². The predicted molar refractivity (Wildman–Crippen MR) is 70.5 cm³/mol. The molecule has 0 saturated carbocycles. The largest absolute Gasteiger partial charge is 0.481 e. The lowest BCUT2D eigenvalue weighted by atomic mass is 9.84. The molecule has 0 rings (SSSR count). The molecule has 0 radical (unpaired) electrons. The van der Waals surface area contributed by atoms with Gasteiger partial charge in [0.25, 0.3) is 0 Å². The molecule has 0 aliphatic heterocycles. The van der Waals surface area contributed by atoms with Crippen molar-refractivity contribution in [2.24, 2.45) is 11.8 Å². The van der Waals surface area contributed by atoms with E-state index in [4.69, 9.17) is 10.2 Å². The highest BCUT2D eigenvalue weighted by atomic mass is 16.4. The molecule has 2 unspecified atom stereocenters. The van der Waals surface area contributed by atoms with E-state index in [1.807, 2.05) is 6.92 Å². The molecule has 0 aromatic rings. The van der Waals surface area contributed by atoms with Crippen molar-refractivity contribution in [2.45, 2.75) is 65.2 Å². The van der Waals surface area contributed by atoms with Gasteiger partial charge in [-0.25, -0.2) is 0 Å². The molecule has 0 aliphatic carbocycles. The first kappa shape index (κ1) is 16.9. The van der Waals surface area contributed by atoms with Gasteiger partial charge in [-0.2, -0.15) is 0 Å². The third kappa shape index (κ3) is 6.62. The van der Waals surface area contributed by atoms with Crippen LogP contribution in [0.2, 0.25) is 0 Å². The Balaban J connectivity index is 4.26. The third-order valence-corrected chi connectivity index (χ3v) is 3.34. The van der Waals surface area contributed by atoms with E-state index in [-0.39, 0.29) is 0 Å². The van der Waals surface area contributed by atoms with Gasteiger partial charge in [0.1, 0.15) is 0 Å². The molecule has 0 amide bonds. The lowest BCUT2D eigenvalue weighted by Crippen LogP contribution is -2.29. The Bertz CT molecular complexity index is 250. The second-order valence-corrected chi connectivity index (χ2v) is 4.88. The molecule has 4 nitrogen and oxygen atoms in total. The van der Waals surface area contributed by atoms with Gasteiger partial charge in [0.15, 0.2) is 0 Å². The molecular weight excluding hydrogens is 232 g/mol. The summed E-state index contributed by atoms with van der Waals surface area (Å²) in [5.74, 6) is -3.41. The molecule has 2 atom stereocenters. The van der Waals surface area contributed by atoms with Crippen LogP contribution in [0.25, 0.3) is 0 Å². The van der Waals surface area contributed by atoms with Gasteiger partial charge >= 0.3 is 11.9 Å². The second-order valence-electron chi connectivity index (χ2n) is 4.88. The van der Waals surface area contributed by atoms with Gasteiger partial charge in [0.2, 0.25) is 0 Å². The van der Waals surface area contributed by atoms with E-state index >= 15 is 0 Å². The summed E-state index contributed by atoms with van der Waals surface area (Å²) in [5.41, 5.74) is 0. The van der Waals surface area contributed by atoms with Gasteiger partial charge in [0, 0.05) is 0 Å². The first-order valence-electron chi connectivity index (χ1n) is 7.00. The average molecular weight is 258 g/mol. The van der Waals surface area contributed by atoms with Crippen molar-refractivity contribution in [1.29, 1.82) is 0 Å². The smallest absolute Gasteiger partial charge is 0.307 e. The first-order chi connectivity index (χ1) is 8.54. The fourth-order valence-corrected chi connectivity index (χ4v) is 2.27. The highest BCUT2D eigenvalue weighted by molar-refractivity contribution is 5.79. The molecule has 106 valence electrons. The minimum atomic E-state index is -0.974. The monoisotopic (exact) mass is 258 g/mol. The van der Waals surface area contributed by atoms with Crippen molar-refractivity contribution >= 4 is 11.9 Å². The maximum atomic E-state index is 11.2. The number of rotatable bonds is 11. The van der Waals surface area contributed by atoms with Crippen molar-refractivity contribution in [3.05, 3.63) is 0 Å². The number of hydrogen-bond donors (Lipinski definition) is 2. The summed E-state index contributed by atoms with van der Waals surface area (Å²) in [5, 5.41) is 18.3. The molecule has 2 N–H and O–H groups in total. The fourth-order valence-electron chi connectivity index (χ4n) is 2.27. The van der Waals surface area contributed by atoms with Gasteiger partial charge in [-0.15, -0.1) is 0 Å². The van der Waals surface area contributed by atoms with Crippen LogP contribution in [0.15, 0.2) is 0 Å². The Morgan fingerprint density at radius 3 is 1.72 bits per heavy atom. The van der Waals surface area contributed by atoms with E-state index in [1.54, 1.807) is 0 Å². The Morgan fingerprint density at radius 1 is 0.778 bits per heavy atom. The van der Waals surface area contributed by atoms with Gasteiger partial charge in [-0.1, -0.05) is 52.4 Å². The van der Waals surface area contributed by atoms with Gasteiger partial charge < -0.3 is 10.2 Å². The van der Waals surface area contributed by atoms with E-state index in [9.17, 15) is 9.59 Å². The highest BCUT2D eigenvalue weighted by Gasteiger charge is 2.32. The minimum Gasteiger partial charge on any atom is -0.481 e. The number of aliphatic carboxylic acids is 2. The van der Waals surface area contributed by atoms with Crippen LogP contribution in [0, 0.1) is 11.8 Å². The number of carbonyl (C=O) groups is 2. The summed E-state index contributed by atoms with van der Waals surface area (Å²) in [6, 6.07) is 0. The van der Waals surface area contributed by atoms with Crippen LogP contribution in [-0.4, -0.2) is 22.2 Å². The molecule has 0 aromatic heterocycles. The maximum Gasteiger partial charge on any atom is 0.307 e. The Kier molecular flexibility index (Phi) is 9.33. The van der Waals surface area contributed by atoms with Crippen molar-refractivity contribution < 1.29 is 19.8 Å². The van der Waals surface area contributed by atoms with Crippen LogP contribution >= 0.6 is 0 Å². The van der Waals surface area contributed by atoms with Crippen molar-refractivity contribution in [1.82, 2.24) is 0 Å². The van der Waals surface area contributed by atoms with Crippen molar-refractivity contribution in [3.8, 4) is 0 Å². The van der Waals surface area contributed by atoms with Crippen LogP contribution < -0.4 is 0 Å². The van der Waals surface area contributed by atoms with Crippen LogP contribution in [0.5, 0.6) is 0 Å². The zero-order valence-electron chi connectivity index (χ0n) is 11.5. The number of hydrogen-bond acceptors (Lipinski definition) is 2. The fraction of sp³-hybridized carbons (Fsp3) is 0.857. The molecule has 0 bridgehead atoms. The van der Waals surface area contributed by atoms with Gasteiger partial charge in [-0.3, -0.25) is 9.59 Å². The Hall–Kier alpha value is -1.06. The quantitative estimate of drug-likeness (QED) is 0.556. The topological polar surface area (TPSA) is 74.6 Å². The standard InChI is InChI=1S/C14H26O4/c1-3-5-6-7-8-10-12(14(17)18)11(9-4-2)13(15)16/h11-12H,3-10H2,1-2H3,(H,15,16)(H,17,18). The lowest BCUT2D eigenvalue weighted by molar-refractivity contribution is -0.154. The van der Waals surface area contributed by atoms with Gasteiger partial charge in [-0.05, 0) is 12.8 Å². The summed E-state index contributed by atoms with van der Waals surface area (Å²) >= 11 is 0. The van der Waals surface area contributed by atoms with E-state index in [1.165, 1.54) is 0 Å². The summed E-state index contributed by atoms with van der Waals surface area (Å²) in [6.07, 6.45) is 6.85. The zero-order chi connectivity index (χ0) is 14.0. The predicted octanol–water partition coefficient (Wildman–Crippen LogP) is 3.55. The highest BCUT2D eigenvalue weighted by Crippen LogP contribution is 2.24. The molecule has 0 heterocycles. The molecule has 0 aromatic carbocycles. The van der Waals surface area contributed by atoms with E-state index in [0.29, 0.717) is 19.3 Å². The van der Waals surface area contributed by atoms with E-state index in [0.717, 1.165) is 32.1 Å². The van der Waals surface area contributed by atoms with Crippen LogP contribution in [0.3, 0.4) is 0 Å². The molecule has 0 saturated heterocycles. The van der Waals surface area contributed by atoms with Crippen LogP contribution in [-0.2, 0) is 9.59 Å². The zero-order valence-corrected chi connectivity index (χ0v) is 11.5. The molecule has 18 heavy (non-hydrogen) atoms. The molecule has 4 heteroatoms. The van der Waals surface area contributed by atoms with Crippen molar-refractivity contribution in [2.75, 3.05) is 0 Å². The average Bonchev–Trinajstić information content (AvgIpc) is 2.31. The molecule has 0 fully saturated rings. The molecular formula is C14H26O4. The van der Waals surface area contributed by atoms with E-state index in [2.05, 4.69) is 6.92 Å². The second kappa shape index (κ2) is 9.92. The molecule has 0 spiro atoms. The summed E-state index contributed by atoms with van der Waals surface area (Å²) in [6.45, 7) is 4.01. The Labute approximate surface area is 109 Å². The summed E-state index contributed by atoms with van der Waals surface area (Å²) < 4.78 is 0. The summed E-state index contributed by atoms with van der Waals surface area (Å²) in [7, 11) is 0. The maximum absolute atomic E-state index is 11.2. The molecule has 0 aliphatic rings. The minimum absolute atomic E-state index is 0.446. The Morgan fingerprint density at radius 2 is 1.28 bits per heavy atom. The first-order valence-corrected chi connectivity index (χ1v) is 7.00. The van der Waals surface area contributed by atoms with Gasteiger partial charge in [0.05, 0.1) is 11.8 Å². The van der Waals surface area contributed by atoms with Crippen LogP contribution in [0.1, 0.15) is 65.2 Å². The number of carboxylic acids is 2. The normalized spacial score (nSPS) is 14.1. The lowest BCUT2D eigenvalue weighted by Gasteiger charge is -2.19. The number of unbranched alkanes of at least 4 members (excludes halogenated alkanes) is 4. The van der Waals surface area contributed by atoms with E-state index < -0.39 is 23.8 Å². The number of carboxylic acid groups (broad SMARTS) is 2. The third-order valence-electron chi connectivity index (χ3n) is 3.34. The SMILES string of the molecule is CCCCCCCC(C(=O)O)C(CCC)C(=O)O. The van der Waals surface area contributed by atoms with Crippen LogP contribution in [0.4, 0.5) is 0 Å².